The predicted molar refractivity (Wildman–Crippen MR) is 124 cm³/mol. The van der Waals surface area contributed by atoms with Gasteiger partial charge in [-0.25, -0.2) is 4.98 Å². The van der Waals surface area contributed by atoms with E-state index in [2.05, 4.69) is 18.5 Å². The highest BCUT2D eigenvalue weighted by atomic mass is 35.5. The van der Waals surface area contributed by atoms with Crippen molar-refractivity contribution in [3.8, 4) is 5.88 Å². The van der Waals surface area contributed by atoms with Gasteiger partial charge in [0.15, 0.2) is 0 Å². The van der Waals surface area contributed by atoms with E-state index in [1.165, 1.54) is 0 Å². The maximum atomic E-state index is 13.4. The van der Waals surface area contributed by atoms with Crippen LogP contribution in [0.1, 0.15) is 65.0 Å². The van der Waals surface area contributed by atoms with E-state index in [0.717, 1.165) is 40.8 Å². The molecular weight excluding hydrogens is 419 g/mol. The third-order valence-electron chi connectivity index (χ3n) is 5.43. The van der Waals surface area contributed by atoms with Gasteiger partial charge in [0, 0.05) is 22.8 Å². The Morgan fingerprint density at radius 1 is 1.30 bits per heavy atom. The molecule has 0 saturated carbocycles. The number of benzene rings is 1. The molecule has 6 heteroatoms. The number of rotatable bonds is 7. The first-order chi connectivity index (χ1) is 14.2. The number of hydrogen-bond donors (Lipinski definition) is 0. The van der Waals surface area contributed by atoms with Crippen molar-refractivity contribution in [2.45, 2.75) is 53.5 Å². The number of aromatic nitrogens is 1. The second-order valence-corrected chi connectivity index (χ2v) is 8.68. The number of unbranched alkanes of at least 4 members (excludes halogenated alkanes) is 1. The SMILES string of the molecule is C=C(C)c1cc(Cl)c2c(c1Cl)C(=O)N(Cc1c(C)cc(C)nc1OCCCC)CC2. The molecule has 1 amide bonds. The second-order valence-electron chi connectivity index (χ2n) is 7.90. The van der Waals surface area contributed by atoms with Crippen molar-refractivity contribution in [2.24, 2.45) is 0 Å². The Morgan fingerprint density at radius 2 is 2.03 bits per heavy atom. The van der Waals surface area contributed by atoms with Crippen molar-refractivity contribution in [1.82, 2.24) is 9.88 Å². The van der Waals surface area contributed by atoms with Gasteiger partial charge in [-0.3, -0.25) is 4.79 Å². The molecule has 1 aromatic carbocycles. The standard InChI is InChI=1S/C24H28Cl2N2O2/c1-6-7-10-30-23-19(15(4)11-16(5)27-23)13-28-9-8-17-20(25)12-18(14(2)3)22(26)21(17)24(28)29/h11-12H,2,6-10,13H2,1,3-5H3. The summed E-state index contributed by atoms with van der Waals surface area (Å²) in [6, 6.07) is 3.83. The van der Waals surface area contributed by atoms with Crippen LogP contribution in [0.4, 0.5) is 0 Å². The van der Waals surface area contributed by atoms with Crippen molar-refractivity contribution >= 4 is 34.7 Å². The molecule has 4 nitrogen and oxygen atoms in total. The maximum absolute atomic E-state index is 13.4. The van der Waals surface area contributed by atoms with Crippen LogP contribution in [0, 0.1) is 13.8 Å². The number of pyridine rings is 1. The van der Waals surface area contributed by atoms with Crippen molar-refractivity contribution in [1.29, 1.82) is 0 Å². The molecule has 0 spiro atoms. The topological polar surface area (TPSA) is 42.4 Å². The van der Waals surface area contributed by atoms with Crippen LogP contribution in [0.25, 0.3) is 5.57 Å². The Morgan fingerprint density at radius 3 is 2.70 bits per heavy atom. The zero-order chi connectivity index (χ0) is 22.0. The number of aryl methyl sites for hydroxylation is 2. The number of carbonyl (C=O) groups excluding carboxylic acids is 1. The minimum atomic E-state index is -0.120. The third-order valence-corrected chi connectivity index (χ3v) is 6.16. The molecule has 1 aromatic heterocycles. The highest BCUT2D eigenvalue weighted by Crippen LogP contribution is 2.38. The van der Waals surface area contributed by atoms with Gasteiger partial charge in [0.1, 0.15) is 0 Å². The van der Waals surface area contributed by atoms with Crippen LogP contribution in [-0.4, -0.2) is 28.9 Å². The second kappa shape index (κ2) is 9.40. The van der Waals surface area contributed by atoms with E-state index in [0.29, 0.717) is 53.2 Å². The number of nitrogens with zero attached hydrogens (tertiary/aromatic N) is 2. The Kier molecular flexibility index (Phi) is 7.10. The molecule has 0 bridgehead atoms. The lowest BCUT2D eigenvalue weighted by Gasteiger charge is -2.31. The van der Waals surface area contributed by atoms with Gasteiger partial charge in [-0.05, 0) is 68.0 Å². The zero-order valence-corrected chi connectivity index (χ0v) is 19.6. The van der Waals surface area contributed by atoms with E-state index < -0.39 is 0 Å². The average Bonchev–Trinajstić information content (AvgIpc) is 2.68. The number of ether oxygens (including phenoxy) is 1. The molecule has 0 aliphatic carbocycles. The van der Waals surface area contributed by atoms with Crippen LogP contribution in [0.15, 0.2) is 18.7 Å². The average molecular weight is 447 g/mol. The van der Waals surface area contributed by atoms with Crippen LogP contribution in [0.2, 0.25) is 10.0 Å². The van der Waals surface area contributed by atoms with Crippen LogP contribution in [0.5, 0.6) is 5.88 Å². The van der Waals surface area contributed by atoms with E-state index in [1.807, 2.05) is 32.9 Å². The van der Waals surface area contributed by atoms with Crippen molar-refractivity contribution in [2.75, 3.05) is 13.2 Å². The molecule has 0 fully saturated rings. The van der Waals surface area contributed by atoms with E-state index in [4.69, 9.17) is 27.9 Å². The Balaban J connectivity index is 1.96. The lowest BCUT2D eigenvalue weighted by molar-refractivity contribution is 0.0725. The lowest BCUT2D eigenvalue weighted by Crippen LogP contribution is -2.38. The fraction of sp³-hybridized carbons (Fsp3) is 0.417. The van der Waals surface area contributed by atoms with E-state index >= 15 is 0 Å². The number of allylic oxidation sites excluding steroid dienone is 1. The Bertz CT molecular complexity index is 1000. The summed E-state index contributed by atoms with van der Waals surface area (Å²) in [7, 11) is 0. The summed E-state index contributed by atoms with van der Waals surface area (Å²) in [5.41, 5.74) is 5.69. The molecular formula is C24H28Cl2N2O2. The molecule has 1 aliphatic heterocycles. The summed E-state index contributed by atoms with van der Waals surface area (Å²) in [6.45, 7) is 13.5. The molecule has 0 saturated heterocycles. The predicted octanol–water partition coefficient (Wildman–Crippen LogP) is 6.42. The highest BCUT2D eigenvalue weighted by Gasteiger charge is 2.31. The van der Waals surface area contributed by atoms with E-state index in [-0.39, 0.29) is 5.91 Å². The van der Waals surface area contributed by atoms with Gasteiger partial charge >= 0.3 is 0 Å². The summed E-state index contributed by atoms with van der Waals surface area (Å²) in [6.07, 6.45) is 2.66. The largest absolute Gasteiger partial charge is 0.477 e. The monoisotopic (exact) mass is 446 g/mol. The quantitative estimate of drug-likeness (QED) is 0.460. The van der Waals surface area contributed by atoms with Gasteiger partial charge in [0.25, 0.3) is 5.91 Å². The minimum Gasteiger partial charge on any atom is -0.477 e. The summed E-state index contributed by atoms with van der Waals surface area (Å²) >= 11 is 13.1. The molecule has 30 heavy (non-hydrogen) atoms. The lowest BCUT2D eigenvalue weighted by atomic mass is 9.94. The first-order valence-electron chi connectivity index (χ1n) is 10.3. The van der Waals surface area contributed by atoms with Gasteiger partial charge in [0.2, 0.25) is 5.88 Å². The Hall–Kier alpha value is -2.04. The molecule has 0 unspecified atom stereocenters. The molecule has 0 atom stereocenters. The molecule has 2 aromatic rings. The minimum absolute atomic E-state index is 0.120. The van der Waals surface area contributed by atoms with Gasteiger partial charge < -0.3 is 9.64 Å². The van der Waals surface area contributed by atoms with Gasteiger partial charge in [-0.15, -0.1) is 0 Å². The summed E-state index contributed by atoms with van der Waals surface area (Å²) in [4.78, 5) is 19.8. The molecule has 160 valence electrons. The van der Waals surface area contributed by atoms with Crippen LogP contribution < -0.4 is 4.74 Å². The Labute approximate surface area is 188 Å². The van der Waals surface area contributed by atoms with E-state index in [9.17, 15) is 4.79 Å². The first-order valence-corrected chi connectivity index (χ1v) is 11.1. The van der Waals surface area contributed by atoms with E-state index in [1.54, 1.807) is 4.90 Å². The normalized spacial score (nSPS) is 13.4. The fourth-order valence-electron chi connectivity index (χ4n) is 3.74. The maximum Gasteiger partial charge on any atom is 0.256 e. The number of hydrogen-bond acceptors (Lipinski definition) is 3. The fourth-order valence-corrected chi connectivity index (χ4v) is 4.45. The first kappa shape index (κ1) is 22.6. The number of fused-ring (bicyclic) bond motifs is 1. The summed E-state index contributed by atoms with van der Waals surface area (Å²) in [5, 5.41) is 0.993. The highest BCUT2D eigenvalue weighted by molar-refractivity contribution is 6.38. The number of amides is 1. The molecule has 3 rings (SSSR count). The van der Waals surface area contributed by atoms with Crippen LogP contribution in [-0.2, 0) is 13.0 Å². The molecule has 2 heterocycles. The van der Waals surface area contributed by atoms with Gasteiger partial charge in [0.05, 0.1) is 23.7 Å². The summed E-state index contributed by atoms with van der Waals surface area (Å²) in [5.74, 6) is 0.491. The molecule has 1 aliphatic rings. The zero-order valence-electron chi connectivity index (χ0n) is 18.1. The van der Waals surface area contributed by atoms with Crippen molar-refractivity contribution in [3.63, 3.8) is 0 Å². The van der Waals surface area contributed by atoms with Gasteiger partial charge in [-0.2, -0.15) is 0 Å². The van der Waals surface area contributed by atoms with Crippen LogP contribution >= 0.6 is 23.2 Å². The third kappa shape index (κ3) is 4.50. The number of carbonyl (C=O) groups is 1. The molecule has 0 radical (unpaired) electrons. The summed E-state index contributed by atoms with van der Waals surface area (Å²) < 4.78 is 5.97. The van der Waals surface area contributed by atoms with Crippen LogP contribution in [0.3, 0.4) is 0 Å². The smallest absolute Gasteiger partial charge is 0.256 e. The van der Waals surface area contributed by atoms with Gasteiger partial charge in [-0.1, -0.05) is 43.1 Å². The van der Waals surface area contributed by atoms with Crippen molar-refractivity contribution in [3.05, 3.63) is 62.3 Å². The number of halogens is 2. The van der Waals surface area contributed by atoms with Crippen molar-refractivity contribution < 1.29 is 9.53 Å². The molecule has 0 N–H and O–H groups in total.